The van der Waals surface area contributed by atoms with Gasteiger partial charge in [0, 0.05) is 12.1 Å². The summed E-state index contributed by atoms with van der Waals surface area (Å²) in [6, 6.07) is 6.47. The van der Waals surface area contributed by atoms with Crippen LogP contribution in [-0.4, -0.2) is 18.7 Å². The van der Waals surface area contributed by atoms with Crippen molar-refractivity contribution in [2.24, 2.45) is 0 Å². The third-order valence-corrected chi connectivity index (χ3v) is 3.38. The number of ether oxygens (including phenoxy) is 1. The molecule has 2 rings (SSSR count). The van der Waals surface area contributed by atoms with Crippen LogP contribution >= 0.6 is 0 Å². The van der Waals surface area contributed by atoms with Crippen molar-refractivity contribution in [3.05, 3.63) is 41.5 Å². The van der Waals surface area contributed by atoms with Crippen LogP contribution in [0.5, 0.6) is 5.75 Å². The summed E-state index contributed by atoms with van der Waals surface area (Å²) in [7, 11) is 0. The smallest absolute Gasteiger partial charge is 0.120 e. The maximum Gasteiger partial charge on any atom is 0.120 e. The van der Waals surface area contributed by atoms with E-state index >= 15 is 0 Å². The van der Waals surface area contributed by atoms with E-state index in [1.165, 1.54) is 30.4 Å². The second kappa shape index (κ2) is 5.79. The van der Waals surface area contributed by atoms with Gasteiger partial charge in [-0.15, -0.1) is 0 Å². The molecule has 0 aliphatic heterocycles. The van der Waals surface area contributed by atoms with Gasteiger partial charge in [-0.05, 0) is 68.9 Å². The molecule has 0 radical (unpaired) electrons. The maximum atomic E-state index is 5.82. The second-order valence-corrected chi connectivity index (χ2v) is 6.43. The van der Waals surface area contributed by atoms with Crippen LogP contribution in [-0.2, 0) is 12.8 Å². The normalized spacial score (nSPS) is 14.3. The van der Waals surface area contributed by atoms with E-state index in [0.29, 0.717) is 6.61 Å². The highest BCUT2D eigenvalue weighted by Crippen LogP contribution is 2.26. The number of benzene rings is 1. The van der Waals surface area contributed by atoms with Crippen molar-refractivity contribution in [3.8, 4) is 5.75 Å². The van der Waals surface area contributed by atoms with Crippen LogP contribution in [0.25, 0.3) is 0 Å². The molecule has 1 aliphatic rings. The summed E-state index contributed by atoms with van der Waals surface area (Å²) in [6.07, 6.45) is 3.69. The van der Waals surface area contributed by atoms with Gasteiger partial charge in [0.2, 0.25) is 0 Å². The van der Waals surface area contributed by atoms with Crippen LogP contribution in [0.2, 0.25) is 0 Å². The number of nitrogens with one attached hydrogen (secondary N) is 1. The van der Waals surface area contributed by atoms with Crippen LogP contribution in [0.1, 0.15) is 38.3 Å². The average Bonchev–Trinajstić information content (AvgIpc) is 2.80. The molecule has 19 heavy (non-hydrogen) atoms. The quantitative estimate of drug-likeness (QED) is 0.817. The van der Waals surface area contributed by atoms with Gasteiger partial charge in [0.05, 0.1) is 0 Å². The number of hydrogen-bond donors (Lipinski definition) is 1. The van der Waals surface area contributed by atoms with Crippen molar-refractivity contribution >= 4 is 0 Å². The molecule has 0 aromatic heterocycles. The Morgan fingerprint density at radius 1 is 1.26 bits per heavy atom. The summed E-state index contributed by atoms with van der Waals surface area (Å²) >= 11 is 0. The Labute approximate surface area is 116 Å². The lowest BCUT2D eigenvalue weighted by atomic mass is 10.1. The molecule has 2 nitrogen and oxygen atoms in total. The minimum absolute atomic E-state index is 0.122. The predicted molar refractivity (Wildman–Crippen MR) is 80.9 cm³/mol. The fourth-order valence-electron chi connectivity index (χ4n) is 2.26. The largest absolute Gasteiger partial charge is 0.489 e. The molecule has 0 unspecified atom stereocenters. The average molecular weight is 259 g/mol. The molecule has 0 amide bonds. The Morgan fingerprint density at radius 3 is 2.74 bits per heavy atom. The van der Waals surface area contributed by atoms with Gasteiger partial charge in [0.1, 0.15) is 12.4 Å². The van der Waals surface area contributed by atoms with Gasteiger partial charge < -0.3 is 10.1 Å². The van der Waals surface area contributed by atoms with Crippen molar-refractivity contribution < 1.29 is 4.74 Å². The molecular formula is C17H25NO. The topological polar surface area (TPSA) is 21.3 Å². The van der Waals surface area contributed by atoms with E-state index in [-0.39, 0.29) is 5.54 Å². The first kappa shape index (κ1) is 14.1. The zero-order chi connectivity index (χ0) is 13.9. The van der Waals surface area contributed by atoms with E-state index in [4.69, 9.17) is 4.74 Å². The summed E-state index contributed by atoms with van der Waals surface area (Å²) in [4.78, 5) is 0. The molecule has 104 valence electrons. The van der Waals surface area contributed by atoms with Gasteiger partial charge in [-0.1, -0.05) is 12.6 Å². The predicted octanol–water partition coefficient (Wildman–Crippen LogP) is 3.50. The molecule has 1 N–H and O–H groups in total. The number of hydrogen-bond acceptors (Lipinski definition) is 2. The lowest BCUT2D eigenvalue weighted by Gasteiger charge is -2.21. The standard InChI is InChI=1S/C17H25NO/c1-13(11-18-17(2,3)4)12-19-16-9-8-14-6-5-7-15(14)10-16/h8-10,18H,1,5-7,11-12H2,2-4H3. The Balaban J connectivity index is 1.81. The van der Waals surface area contributed by atoms with E-state index in [1.54, 1.807) is 0 Å². The highest BCUT2D eigenvalue weighted by molar-refractivity contribution is 5.38. The van der Waals surface area contributed by atoms with Gasteiger partial charge in [-0.25, -0.2) is 0 Å². The summed E-state index contributed by atoms with van der Waals surface area (Å²) in [5.41, 5.74) is 4.14. The van der Waals surface area contributed by atoms with Crippen LogP contribution < -0.4 is 10.1 Å². The zero-order valence-electron chi connectivity index (χ0n) is 12.4. The summed E-state index contributed by atoms with van der Waals surface area (Å²) in [5, 5.41) is 3.42. The summed E-state index contributed by atoms with van der Waals surface area (Å²) in [5.74, 6) is 0.970. The van der Waals surface area contributed by atoms with Crippen molar-refractivity contribution in [1.29, 1.82) is 0 Å². The van der Waals surface area contributed by atoms with Gasteiger partial charge in [0.25, 0.3) is 0 Å². The molecule has 0 saturated carbocycles. The van der Waals surface area contributed by atoms with Crippen LogP contribution in [0.3, 0.4) is 0 Å². The highest BCUT2D eigenvalue weighted by Gasteiger charge is 2.12. The van der Waals surface area contributed by atoms with Crippen LogP contribution in [0, 0.1) is 0 Å². The number of rotatable bonds is 5. The molecule has 1 aliphatic carbocycles. The molecule has 0 fully saturated rings. The van der Waals surface area contributed by atoms with Crippen molar-refractivity contribution in [3.63, 3.8) is 0 Å². The third-order valence-electron chi connectivity index (χ3n) is 3.38. The Hall–Kier alpha value is -1.28. The SMILES string of the molecule is C=C(CNC(C)(C)C)COc1ccc2c(c1)CCC2. The molecule has 1 aromatic rings. The van der Waals surface area contributed by atoms with Gasteiger partial charge in [-0.2, -0.15) is 0 Å². The molecule has 1 aromatic carbocycles. The van der Waals surface area contributed by atoms with Gasteiger partial charge >= 0.3 is 0 Å². The Bertz CT molecular complexity index is 457. The fourth-order valence-corrected chi connectivity index (χ4v) is 2.26. The zero-order valence-corrected chi connectivity index (χ0v) is 12.4. The van der Waals surface area contributed by atoms with E-state index in [1.807, 2.05) is 0 Å². The molecule has 0 saturated heterocycles. The third kappa shape index (κ3) is 4.39. The first-order valence-corrected chi connectivity index (χ1v) is 7.10. The van der Waals surface area contributed by atoms with Gasteiger partial charge in [0.15, 0.2) is 0 Å². The maximum absolute atomic E-state index is 5.82. The van der Waals surface area contributed by atoms with E-state index in [0.717, 1.165) is 17.9 Å². The minimum Gasteiger partial charge on any atom is -0.489 e. The molecule has 2 heteroatoms. The minimum atomic E-state index is 0.122. The van der Waals surface area contributed by atoms with Crippen LogP contribution in [0.15, 0.2) is 30.4 Å². The molecule has 0 spiro atoms. The van der Waals surface area contributed by atoms with Crippen molar-refractivity contribution in [2.45, 2.75) is 45.6 Å². The first-order valence-electron chi connectivity index (χ1n) is 7.10. The summed E-state index contributed by atoms with van der Waals surface area (Å²) < 4.78 is 5.82. The van der Waals surface area contributed by atoms with E-state index in [9.17, 15) is 0 Å². The molecule has 0 heterocycles. The monoisotopic (exact) mass is 259 g/mol. The Kier molecular flexibility index (Phi) is 4.31. The highest BCUT2D eigenvalue weighted by atomic mass is 16.5. The number of fused-ring (bicyclic) bond motifs is 1. The first-order chi connectivity index (χ1) is 8.94. The van der Waals surface area contributed by atoms with Gasteiger partial charge in [-0.3, -0.25) is 0 Å². The fraction of sp³-hybridized carbons (Fsp3) is 0.529. The second-order valence-electron chi connectivity index (χ2n) is 6.43. The lowest BCUT2D eigenvalue weighted by Crippen LogP contribution is -2.37. The van der Waals surface area contributed by atoms with Crippen LogP contribution in [0.4, 0.5) is 0 Å². The molecule has 0 bridgehead atoms. The van der Waals surface area contributed by atoms with E-state index < -0.39 is 0 Å². The van der Waals surface area contributed by atoms with Crippen molar-refractivity contribution in [2.75, 3.05) is 13.2 Å². The number of aryl methyl sites for hydroxylation is 2. The summed E-state index contributed by atoms with van der Waals surface area (Å²) in [6.45, 7) is 11.9. The lowest BCUT2D eigenvalue weighted by molar-refractivity contribution is 0.341. The van der Waals surface area contributed by atoms with Crippen molar-refractivity contribution in [1.82, 2.24) is 5.32 Å². The Morgan fingerprint density at radius 2 is 2.00 bits per heavy atom. The van der Waals surface area contributed by atoms with E-state index in [2.05, 4.69) is 50.9 Å². The molecule has 0 atom stereocenters. The molecular weight excluding hydrogens is 234 g/mol.